The fourth-order valence-electron chi connectivity index (χ4n) is 2.44. The van der Waals surface area contributed by atoms with Gasteiger partial charge in [0.15, 0.2) is 0 Å². The highest BCUT2D eigenvalue weighted by molar-refractivity contribution is 5.81. The first-order chi connectivity index (χ1) is 7.66. The van der Waals surface area contributed by atoms with Crippen molar-refractivity contribution in [2.75, 3.05) is 13.7 Å². The van der Waals surface area contributed by atoms with Crippen molar-refractivity contribution in [3.05, 3.63) is 0 Å². The lowest BCUT2D eigenvalue weighted by molar-refractivity contribution is -0.151. The van der Waals surface area contributed by atoms with Crippen molar-refractivity contribution in [2.24, 2.45) is 11.7 Å². The first-order valence-electron chi connectivity index (χ1n) is 6.15. The number of hydrogen-bond acceptors (Lipinski definition) is 4. The van der Waals surface area contributed by atoms with Gasteiger partial charge in [-0.3, -0.25) is 0 Å². The molecule has 0 saturated heterocycles. The van der Waals surface area contributed by atoms with E-state index < -0.39 is 5.54 Å². The van der Waals surface area contributed by atoms with Crippen LogP contribution < -0.4 is 5.73 Å². The third kappa shape index (κ3) is 2.38. The Hall–Kier alpha value is -0.610. The smallest absolute Gasteiger partial charge is 0.328 e. The van der Waals surface area contributed by atoms with Crippen molar-refractivity contribution < 1.29 is 14.3 Å². The van der Waals surface area contributed by atoms with E-state index in [0.29, 0.717) is 12.7 Å². The quantitative estimate of drug-likeness (QED) is 0.717. The van der Waals surface area contributed by atoms with Crippen LogP contribution in [-0.4, -0.2) is 31.3 Å². The lowest BCUT2D eigenvalue weighted by atomic mass is 9.96. The maximum atomic E-state index is 11.7. The Kier molecular flexibility index (Phi) is 3.50. The van der Waals surface area contributed by atoms with Crippen LogP contribution in [0.15, 0.2) is 0 Å². The Balaban J connectivity index is 1.89. The van der Waals surface area contributed by atoms with Crippen molar-refractivity contribution in [2.45, 2.75) is 50.2 Å². The largest absolute Gasteiger partial charge is 0.468 e. The molecule has 1 atom stereocenters. The van der Waals surface area contributed by atoms with Gasteiger partial charge in [-0.1, -0.05) is 12.8 Å². The van der Waals surface area contributed by atoms with Gasteiger partial charge in [0.1, 0.15) is 5.54 Å². The molecule has 92 valence electrons. The molecule has 0 aromatic rings. The predicted molar refractivity (Wildman–Crippen MR) is 59.9 cm³/mol. The van der Waals surface area contributed by atoms with E-state index in [1.165, 1.54) is 20.0 Å². The summed E-state index contributed by atoms with van der Waals surface area (Å²) in [6.45, 7) is 0.314. The van der Waals surface area contributed by atoms with Crippen molar-refractivity contribution in [3.8, 4) is 0 Å². The summed E-state index contributed by atoms with van der Waals surface area (Å²) >= 11 is 0. The standard InChI is InChI=1S/C12H21NO3/c1-15-11(14)12(13,9-6-7-9)8-16-10-4-2-3-5-10/h9-10H,2-8,13H2,1H3. The van der Waals surface area contributed by atoms with Crippen LogP contribution in [0.25, 0.3) is 0 Å². The second-order valence-corrected chi connectivity index (χ2v) is 5.02. The van der Waals surface area contributed by atoms with Gasteiger partial charge < -0.3 is 15.2 Å². The summed E-state index contributed by atoms with van der Waals surface area (Å²) in [6, 6.07) is 0. The van der Waals surface area contributed by atoms with Gasteiger partial charge >= 0.3 is 5.97 Å². The van der Waals surface area contributed by atoms with Crippen LogP contribution in [0.1, 0.15) is 38.5 Å². The van der Waals surface area contributed by atoms with Crippen molar-refractivity contribution in [3.63, 3.8) is 0 Å². The fourth-order valence-corrected chi connectivity index (χ4v) is 2.44. The summed E-state index contributed by atoms with van der Waals surface area (Å²) in [7, 11) is 1.39. The molecular formula is C12H21NO3. The number of nitrogens with two attached hydrogens (primary N) is 1. The van der Waals surface area contributed by atoms with Gasteiger partial charge in [-0.25, -0.2) is 4.79 Å². The number of carbonyl (C=O) groups is 1. The van der Waals surface area contributed by atoms with Crippen molar-refractivity contribution in [1.29, 1.82) is 0 Å². The molecule has 0 bridgehead atoms. The number of rotatable bonds is 5. The van der Waals surface area contributed by atoms with E-state index in [9.17, 15) is 4.79 Å². The van der Waals surface area contributed by atoms with Crippen molar-refractivity contribution >= 4 is 5.97 Å². The normalized spacial score (nSPS) is 25.4. The van der Waals surface area contributed by atoms with Crippen LogP contribution in [-0.2, 0) is 14.3 Å². The summed E-state index contributed by atoms with van der Waals surface area (Å²) in [5.74, 6) is -0.0747. The second kappa shape index (κ2) is 4.72. The van der Waals surface area contributed by atoms with E-state index >= 15 is 0 Å². The van der Waals surface area contributed by atoms with Crippen LogP contribution in [0.5, 0.6) is 0 Å². The van der Waals surface area contributed by atoms with E-state index in [-0.39, 0.29) is 11.9 Å². The van der Waals surface area contributed by atoms with E-state index in [1.807, 2.05) is 0 Å². The lowest BCUT2D eigenvalue weighted by Gasteiger charge is -2.27. The number of carbonyl (C=O) groups excluding carboxylic acids is 1. The third-order valence-corrected chi connectivity index (χ3v) is 3.73. The lowest BCUT2D eigenvalue weighted by Crippen LogP contribution is -2.55. The molecule has 0 heterocycles. The van der Waals surface area contributed by atoms with E-state index in [2.05, 4.69) is 0 Å². The summed E-state index contributed by atoms with van der Waals surface area (Å²) in [5, 5.41) is 0. The Labute approximate surface area is 96.5 Å². The molecule has 16 heavy (non-hydrogen) atoms. The minimum atomic E-state index is -0.905. The van der Waals surface area contributed by atoms with E-state index in [4.69, 9.17) is 15.2 Å². The average molecular weight is 227 g/mol. The summed E-state index contributed by atoms with van der Waals surface area (Å²) in [4.78, 5) is 11.7. The van der Waals surface area contributed by atoms with Crippen LogP contribution in [0.2, 0.25) is 0 Å². The fraction of sp³-hybridized carbons (Fsp3) is 0.917. The number of hydrogen-bond donors (Lipinski definition) is 1. The van der Waals surface area contributed by atoms with Gasteiger partial charge in [0.05, 0.1) is 19.8 Å². The molecule has 2 saturated carbocycles. The number of ether oxygens (including phenoxy) is 2. The zero-order valence-electron chi connectivity index (χ0n) is 9.91. The van der Waals surface area contributed by atoms with Crippen LogP contribution in [0.3, 0.4) is 0 Å². The molecule has 0 radical (unpaired) electrons. The molecule has 2 N–H and O–H groups in total. The molecule has 0 aromatic carbocycles. The number of esters is 1. The Morgan fingerprint density at radius 3 is 2.44 bits per heavy atom. The molecule has 0 spiro atoms. The predicted octanol–water partition coefficient (Wildman–Crippen LogP) is 1.23. The van der Waals surface area contributed by atoms with Gasteiger partial charge in [-0.15, -0.1) is 0 Å². The molecule has 0 aliphatic heterocycles. The molecule has 4 nitrogen and oxygen atoms in total. The maximum absolute atomic E-state index is 11.7. The van der Waals surface area contributed by atoms with Gasteiger partial charge in [0.25, 0.3) is 0 Å². The summed E-state index contributed by atoms with van der Waals surface area (Å²) in [6.07, 6.45) is 6.97. The first kappa shape index (κ1) is 11.9. The van der Waals surface area contributed by atoms with Crippen LogP contribution in [0.4, 0.5) is 0 Å². The van der Waals surface area contributed by atoms with E-state index in [0.717, 1.165) is 25.7 Å². The Morgan fingerprint density at radius 1 is 1.31 bits per heavy atom. The zero-order chi connectivity index (χ0) is 11.6. The summed E-state index contributed by atoms with van der Waals surface area (Å²) < 4.78 is 10.6. The van der Waals surface area contributed by atoms with Gasteiger partial charge in [0, 0.05) is 0 Å². The summed E-state index contributed by atoms with van der Waals surface area (Å²) in [5.41, 5.74) is 5.23. The molecule has 4 heteroatoms. The van der Waals surface area contributed by atoms with Gasteiger partial charge in [0.2, 0.25) is 0 Å². The van der Waals surface area contributed by atoms with Crippen LogP contribution >= 0.6 is 0 Å². The highest BCUT2D eigenvalue weighted by Gasteiger charge is 2.49. The van der Waals surface area contributed by atoms with Gasteiger partial charge in [-0.2, -0.15) is 0 Å². The molecule has 2 fully saturated rings. The highest BCUT2D eigenvalue weighted by atomic mass is 16.5. The minimum Gasteiger partial charge on any atom is -0.468 e. The Morgan fingerprint density at radius 2 is 1.94 bits per heavy atom. The molecule has 2 rings (SSSR count). The van der Waals surface area contributed by atoms with Gasteiger partial charge in [-0.05, 0) is 31.6 Å². The molecular weight excluding hydrogens is 206 g/mol. The maximum Gasteiger partial charge on any atom is 0.328 e. The van der Waals surface area contributed by atoms with E-state index in [1.54, 1.807) is 0 Å². The van der Waals surface area contributed by atoms with Crippen molar-refractivity contribution in [1.82, 2.24) is 0 Å². The molecule has 2 aliphatic carbocycles. The van der Waals surface area contributed by atoms with Crippen LogP contribution in [0, 0.1) is 5.92 Å². The third-order valence-electron chi connectivity index (χ3n) is 3.73. The molecule has 0 amide bonds. The zero-order valence-corrected chi connectivity index (χ0v) is 9.91. The number of methoxy groups -OCH3 is 1. The molecule has 0 aromatic heterocycles. The average Bonchev–Trinajstić information content (AvgIpc) is 3.03. The second-order valence-electron chi connectivity index (χ2n) is 5.02. The monoisotopic (exact) mass is 227 g/mol. The Bertz CT molecular complexity index is 259. The topological polar surface area (TPSA) is 61.5 Å². The SMILES string of the molecule is COC(=O)C(N)(COC1CCCC1)C1CC1. The molecule has 2 aliphatic rings. The minimum absolute atomic E-state index is 0.251. The molecule has 1 unspecified atom stereocenters. The first-order valence-corrected chi connectivity index (χ1v) is 6.15. The highest BCUT2D eigenvalue weighted by Crippen LogP contribution is 2.39.